The van der Waals surface area contributed by atoms with Crippen molar-refractivity contribution in [2.75, 3.05) is 0 Å². The first kappa shape index (κ1) is 17.5. The molecule has 1 aromatic carbocycles. The molecular formula is C16H19FN4O3. The molecule has 7 nitrogen and oxygen atoms in total. The van der Waals surface area contributed by atoms with Crippen LogP contribution in [0.5, 0.6) is 5.75 Å². The van der Waals surface area contributed by atoms with Crippen LogP contribution in [0.15, 0.2) is 30.3 Å². The van der Waals surface area contributed by atoms with Gasteiger partial charge in [0, 0.05) is 6.07 Å². The Labute approximate surface area is 138 Å². The van der Waals surface area contributed by atoms with E-state index in [9.17, 15) is 14.0 Å². The van der Waals surface area contributed by atoms with Gasteiger partial charge in [-0.15, -0.1) is 0 Å². The second kappa shape index (κ2) is 7.58. The van der Waals surface area contributed by atoms with E-state index in [1.807, 2.05) is 0 Å². The molecule has 4 N–H and O–H groups in total. The van der Waals surface area contributed by atoms with Crippen molar-refractivity contribution in [2.45, 2.75) is 26.5 Å². The molecule has 2 amide bonds. The van der Waals surface area contributed by atoms with E-state index < -0.39 is 23.7 Å². The number of carbonyl (C=O) groups excluding carboxylic acids is 2. The van der Waals surface area contributed by atoms with Crippen LogP contribution in [-0.2, 0) is 11.4 Å². The molecule has 2 rings (SSSR count). The van der Waals surface area contributed by atoms with E-state index in [1.54, 1.807) is 19.9 Å². The molecule has 1 aromatic heterocycles. The van der Waals surface area contributed by atoms with Crippen LogP contribution < -0.4 is 15.8 Å². The molecule has 128 valence electrons. The van der Waals surface area contributed by atoms with Gasteiger partial charge < -0.3 is 15.8 Å². The standard InChI is InChI=1S/C16H19FN4O3/c1-9(2)14(15(18)22)19-16(23)13-7-11(20-21-13)8-24-12-5-3-4-10(17)6-12/h3-7,9,14H,8H2,1-2H3,(H2,18,22)(H,19,23)(H,20,21)/t14-/m1/s1. The Morgan fingerprint density at radius 3 is 2.75 bits per heavy atom. The molecule has 0 aliphatic rings. The SMILES string of the molecule is CC(C)[C@@H](NC(=O)c1cc(COc2cccc(F)c2)[nH]n1)C(N)=O. The van der Waals surface area contributed by atoms with Crippen LogP contribution in [-0.4, -0.2) is 28.1 Å². The minimum atomic E-state index is -0.777. The summed E-state index contributed by atoms with van der Waals surface area (Å²) in [6, 6.07) is 6.44. The lowest BCUT2D eigenvalue weighted by molar-refractivity contribution is -0.120. The number of primary amides is 1. The molecule has 0 spiro atoms. The third-order valence-electron chi connectivity index (χ3n) is 3.31. The molecule has 0 bridgehead atoms. The second-order valence-corrected chi connectivity index (χ2v) is 5.62. The van der Waals surface area contributed by atoms with Crippen LogP contribution in [0.1, 0.15) is 30.0 Å². The number of nitrogens with zero attached hydrogens (tertiary/aromatic N) is 1. The molecule has 0 fully saturated rings. The Morgan fingerprint density at radius 1 is 1.38 bits per heavy atom. The van der Waals surface area contributed by atoms with Gasteiger partial charge >= 0.3 is 0 Å². The molecule has 0 unspecified atom stereocenters. The highest BCUT2D eigenvalue weighted by Gasteiger charge is 2.23. The Balaban J connectivity index is 1.97. The van der Waals surface area contributed by atoms with Gasteiger partial charge in [-0.1, -0.05) is 19.9 Å². The fraction of sp³-hybridized carbons (Fsp3) is 0.312. The summed E-state index contributed by atoms with van der Waals surface area (Å²) < 4.78 is 18.5. The molecule has 0 aliphatic carbocycles. The predicted octanol–water partition coefficient (Wildman–Crippen LogP) is 1.37. The quantitative estimate of drug-likeness (QED) is 0.710. The van der Waals surface area contributed by atoms with E-state index in [1.165, 1.54) is 24.3 Å². The van der Waals surface area contributed by atoms with Gasteiger partial charge in [0.15, 0.2) is 0 Å². The van der Waals surface area contributed by atoms with Gasteiger partial charge in [-0.05, 0) is 24.1 Å². The summed E-state index contributed by atoms with van der Waals surface area (Å²) >= 11 is 0. The van der Waals surface area contributed by atoms with Gasteiger partial charge in [0.1, 0.15) is 29.9 Å². The highest BCUT2D eigenvalue weighted by Crippen LogP contribution is 2.14. The first-order valence-corrected chi connectivity index (χ1v) is 7.39. The molecule has 8 heteroatoms. The number of rotatable bonds is 7. The van der Waals surface area contributed by atoms with E-state index in [0.29, 0.717) is 11.4 Å². The fourth-order valence-electron chi connectivity index (χ4n) is 2.05. The summed E-state index contributed by atoms with van der Waals surface area (Å²) in [4.78, 5) is 23.4. The number of halogens is 1. The highest BCUT2D eigenvalue weighted by atomic mass is 19.1. The third kappa shape index (κ3) is 4.55. The number of H-pyrrole nitrogens is 1. The van der Waals surface area contributed by atoms with Crippen molar-refractivity contribution in [3.05, 3.63) is 47.5 Å². The van der Waals surface area contributed by atoms with Crippen molar-refractivity contribution in [3.63, 3.8) is 0 Å². The highest BCUT2D eigenvalue weighted by molar-refractivity contribution is 5.95. The zero-order chi connectivity index (χ0) is 17.7. The first-order chi connectivity index (χ1) is 11.4. The molecule has 1 atom stereocenters. The van der Waals surface area contributed by atoms with Crippen LogP contribution >= 0.6 is 0 Å². The minimum absolute atomic E-state index is 0.0904. The molecule has 0 aliphatic heterocycles. The smallest absolute Gasteiger partial charge is 0.272 e. The normalized spacial score (nSPS) is 12.0. The minimum Gasteiger partial charge on any atom is -0.487 e. The van der Waals surface area contributed by atoms with Crippen molar-refractivity contribution in [3.8, 4) is 5.75 Å². The van der Waals surface area contributed by atoms with E-state index in [0.717, 1.165) is 0 Å². The monoisotopic (exact) mass is 334 g/mol. The maximum Gasteiger partial charge on any atom is 0.272 e. The van der Waals surface area contributed by atoms with Crippen LogP contribution in [0.2, 0.25) is 0 Å². The van der Waals surface area contributed by atoms with Crippen LogP contribution in [0, 0.1) is 11.7 Å². The van der Waals surface area contributed by atoms with Gasteiger partial charge in [-0.2, -0.15) is 5.10 Å². The number of hydrogen-bond acceptors (Lipinski definition) is 4. The number of amides is 2. The zero-order valence-corrected chi connectivity index (χ0v) is 13.4. The zero-order valence-electron chi connectivity index (χ0n) is 13.4. The number of ether oxygens (including phenoxy) is 1. The average Bonchev–Trinajstić information content (AvgIpc) is 2.99. The molecule has 2 aromatic rings. The molecule has 0 saturated carbocycles. The number of benzene rings is 1. The summed E-state index contributed by atoms with van der Waals surface area (Å²) in [7, 11) is 0. The topological polar surface area (TPSA) is 110 Å². The largest absolute Gasteiger partial charge is 0.487 e. The van der Waals surface area contributed by atoms with Gasteiger partial charge in [0.05, 0.1) is 5.69 Å². The van der Waals surface area contributed by atoms with Gasteiger partial charge in [-0.3, -0.25) is 14.7 Å². The summed E-state index contributed by atoms with van der Waals surface area (Å²) in [5.74, 6) is -1.29. The van der Waals surface area contributed by atoms with Crippen molar-refractivity contribution in [2.24, 2.45) is 11.7 Å². The molecule has 0 radical (unpaired) electrons. The van der Waals surface area contributed by atoms with E-state index in [4.69, 9.17) is 10.5 Å². The average molecular weight is 334 g/mol. The number of hydrogen-bond donors (Lipinski definition) is 3. The van der Waals surface area contributed by atoms with E-state index >= 15 is 0 Å². The van der Waals surface area contributed by atoms with Crippen molar-refractivity contribution < 1.29 is 18.7 Å². The van der Waals surface area contributed by atoms with Crippen molar-refractivity contribution in [1.29, 1.82) is 0 Å². The van der Waals surface area contributed by atoms with E-state index in [-0.39, 0.29) is 18.2 Å². The van der Waals surface area contributed by atoms with E-state index in [2.05, 4.69) is 15.5 Å². The van der Waals surface area contributed by atoms with Gasteiger partial charge in [0.25, 0.3) is 5.91 Å². The van der Waals surface area contributed by atoms with Gasteiger partial charge in [0.2, 0.25) is 5.91 Å². The predicted molar refractivity (Wildman–Crippen MR) is 84.6 cm³/mol. The molecule has 0 saturated heterocycles. The Hall–Kier alpha value is -2.90. The Morgan fingerprint density at radius 2 is 2.12 bits per heavy atom. The van der Waals surface area contributed by atoms with Gasteiger partial charge in [-0.25, -0.2) is 4.39 Å². The summed E-state index contributed by atoms with van der Waals surface area (Å²) in [6.07, 6.45) is 0. The van der Waals surface area contributed by atoms with Crippen molar-refractivity contribution >= 4 is 11.8 Å². The third-order valence-corrected chi connectivity index (χ3v) is 3.31. The number of nitrogens with one attached hydrogen (secondary N) is 2. The Kier molecular flexibility index (Phi) is 5.51. The molecular weight excluding hydrogens is 315 g/mol. The summed E-state index contributed by atoms with van der Waals surface area (Å²) in [5, 5.41) is 9.07. The Bertz CT molecular complexity index is 730. The first-order valence-electron chi connectivity index (χ1n) is 7.39. The van der Waals surface area contributed by atoms with Crippen LogP contribution in [0.25, 0.3) is 0 Å². The number of carbonyl (C=O) groups is 2. The van der Waals surface area contributed by atoms with Crippen LogP contribution in [0.3, 0.4) is 0 Å². The maximum absolute atomic E-state index is 13.1. The lowest BCUT2D eigenvalue weighted by atomic mass is 10.0. The van der Waals surface area contributed by atoms with Crippen molar-refractivity contribution in [1.82, 2.24) is 15.5 Å². The number of aromatic amines is 1. The number of aromatic nitrogens is 2. The fourth-order valence-corrected chi connectivity index (χ4v) is 2.05. The molecule has 1 heterocycles. The summed E-state index contributed by atoms with van der Waals surface area (Å²) in [6.45, 7) is 3.64. The number of nitrogens with two attached hydrogens (primary N) is 1. The lowest BCUT2D eigenvalue weighted by Crippen LogP contribution is -2.47. The lowest BCUT2D eigenvalue weighted by Gasteiger charge is -2.17. The summed E-state index contributed by atoms with van der Waals surface area (Å²) in [5.41, 5.74) is 5.90. The molecule has 24 heavy (non-hydrogen) atoms. The van der Waals surface area contributed by atoms with Crippen LogP contribution in [0.4, 0.5) is 4.39 Å². The second-order valence-electron chi connectivity index (χ2n) is 5.62. The maximum atomic E-state index is 13.1.